The number of esters is 1. The first-order valence-electron chi connectivity index (χ1n) is 10.6. The van der Waals surface area contributed by atoms with E-state index < -0.39 is 6.10 Å². The van der Waals surface area contributed by atoms with Crippen LogP contribution in [0.15, 0.2) is 4.79 Å². The number of carbonyl (C=O) groups excluding carboxylic acids is 1. The maximum Gasteiger partial charge on any atom is 0.305 e. The third kappa shape index (κ3) is 5.87. The predicted octanol–water partition coefficient (Wildman–Crippen LogP) is 2.02. The average molecular weight is 438 g/mol. The Hall–Kier alpha value is -1.81. The molecule has 0 aliphatic heterocycles. The summed E-state index contributed by atoms with van der Waals surface area (Å²) >= 11 is 1.62. The van der Waals surface area contributed by atoms with Crippen molar-refractivity contribution in [3.05, 3.63) is 26.6 Å². The zero-order valence-electron chi connectivity index (χ0n) is 17.7. The van der Waals surface area contributed by atoms with Gasteiger partial charge < -0.3 is 19.6 Å². The fourth-order valence-electron chi connectivity index (χ4n) is 3.77. The first kappa shape index (κ1) is 22.9. The van der Waals surface area contributed by atoms with Crippen molar-refractivity contribution < 1.29 is 19.4 Å². The highest BCUT2D eigenvalue weighted by Crippen LogP contribution is 2.33. The van der Waals surface area contributed by atoms with Crippen LogP contribution >= 0.6 is 11.3 Å². The number of thiophene rings is 1. The molecule has 1 aliphatic carbocycles. The number of rotatable bonds is 11. The van der Waals surface area contributed by atoms with Crippen molar-refractivity contribution in [1.29, 1.82) is 0 Å². The van der Waals surface area contributed by atoms with Crippen molar-refractivity contribution >= 4 is 27.5 Å². The summed E-state index contributed by atoms with van der Waals surface area (Å²) in [5.41, 5.74) is 1.08. The van der Waals surface area contributed by atoms with Gasteiger partial charge in [-0.15, -0.1) is 11.3 Å². The highest BCUT2D eigenvalue weighted by atomic mass is 32.1. The Balaban J connectivity index is 1.70. The molecule has 0 saturated carbocycles. The molecule has 9 heteroatoms. The third-order valence-corrected chi connectivity index (χ3v) is 6.40. The summed E-state index contributed by atoms with van der Waals surface area (Å²) in [6.07, 6.45) is 4.48. The second-order valence-corrected chi connectivity index (χ2v) is 8.80. The number of hydrogen-bond donors (Lipinski definition) is 2. The van der Waals surface area contributed by atoms with Crippen LogP contribution < -0.4 is 5.56 Å². The van der Waals surface area contributed by atoms with Crippen molar-refractivity contribution in [3.63, 3.8) is 0 Å². The minimum absolute atomic E-state index is 0.0526. The molecule has 0 radical (unpaired) electrons. The first-order valence-corrected chi connectivity index (χ1v) is 11.4. The van der Waals surface area contributed by atoms with Crippen molar-refractivity contribution in [2.24, 2.45) is 0 Å². The van der Waals surface area contributed by atoms with Gasteiger partial charge in [0.25, 0.3) is 5.56 Å². The molecular weight excluding hydrogens is 406 g/mol. The summed E-state index contributed by atoms with van der Waals surface area (Å²) in [4.78, 5) is 35.9. The summed E-state index contributed by atoms with van der Waals surface area (Å²) in [6, 6.07) is 0. The summed E-state index contributed by atoms with van der Waals surface area (Å²) in [7, 11) is 1.61. The Morgan fingerprint density at radius 1 is 1.37 bits per heavy atom. The van der Waals surface area contributed by atoms with Crippen LogP contribution in [-0.4, -0.2) is 65.5 Å². The van der Waals surface area contributed by atoms with Gasteiger partial charge in [-0.2, -0.15) is 0 Å². The fourth-order valence-corrected chi connectivity index (χ4v) is 5.05. The van der Waals surface area contributed by atoms with Crippen LogP contribution in [0.1, 0.15) is 48.9 Å². The summed E-state index contributed by atoms with van der Waals surface area (Å²) in [5, 5.41) is 11.0. The van der Waals surface area contributed by atoms with E-state index in [9.17, 15) is 14.7 Å². The van der Waals surface area contributed by atoms with E-state index >= 15 is 0 Å². The van der Waals surface area contributed by atoms with Crippen molar-refractivity contribution in [2.45, 2.75) is 58.1 Å². The minimum atomic E-state index is -0.827. The van der Waals surface area contributed by atoms with Gasteiger partial charge in [0.2, 0.25) is 0 Å². The van der Waals surface area contributed by atoms with E-state index in [2.05, 4.69) is 4.98 Å². The third-order valence-electron chi connectivity index (χ3n) is 5.22. The molecule has 0 bridgehead atoms. The number of hydrogen-bond acceptors (Lipinski definition) is 8. The normalized spacial score (nSPS) is 14.8. The predicted molar refractivity (Wildman–Crippen MR) is 116 cm³/mol. The molecule has 2 aromatic heterocycles. The molecule has 0 spiro atoms. The summed E-state index contributed by atoms with van der Waals surface area (Å²) < 4.78 is 10.3. The number of aryl methyl sites for hydroxylation is 2. The Labute approximate surface area is 180 Å². The van der Waals surface area contributed by atoms with Crippen molar-refractivity contribution in [1.82, 2.24) is 14.9 Å². The van der Waals surface area contributed by atoms with Gasteiger partial charge in [-0.05, 0) is 37.7 Å². The number of nitrogens with zero attached hydrogens (tertiary/aromatic N) is 2. The van der Waals surface area contributed by atoms with Gasteiger partial charge in [0.1, 0.15) is 23.4 Å². The first-order chi connectivity index (χ1) is 14.5. The quantitative estimate of drug-likeness (QED) is 0.518. The van der Waals surface area contributed by atoms with Gasteiger partial charge in [0.15, 0.2) is 0 Å². The van der Waals surface area contributed by atoms with Crippen LogP contribution in [-0.2, 0) is 33.7 Å². The molecule has 30 heavy (non-hydrogen) atoms. The lowest BCUT2D eigenvalue weighted by atomic mass is 9.97. The van der Waals surface area contributed by atoms with Gasteiger partial charge in [0, 0.05) is 31.5 Å². The van der Waals surface area contributed by atoms with Gasteiger partial charge >= 0.3 is 5.97 Å². The van der Waals surface area contributed by atoms with Gasteiger partial charge in [0.05, 0.1) is 18.5 Å². The van der Waals surface area contributed by atoms with E-state index in [4.69, 9.17) is 14.5 Å². The Kier molecular flexibility index (Phi) is 8.38. The van der Waals surface area contributed by atoms with Crippen molar-refractivity contribution in [2.75, 3.05) is 33.4 Å². The second-order valence-electron chi connectivity index (χ2n) is 7.72. The van der Waals surface area contributed by atoms with Crippen LogP contribution in [0.3, 0.4) is 0 Å². The lowest BCUT2D eigenvalue weighted by Gasteiger charge is -2.24. The van der Waals surface area contributed by atoms with Crippen LogP contribution in [0.5, 0.6) is 0 Å². The maximum atomic E-state index is 12.8. The Morgan fingerprint density at radius 2 is 2.17 bits per heavy atom. The van der Waals surface area contributed by atoms with Gasteiger partial charge in [-0.1, -0.05) is 6.92 Å². The topological polar surface area (TPSA) is 105 Å². The van der Waals surface area contributed by atoms with E-state index in [1.165, 1.54) is 10.4 Å². The molecule has 3 rings (SSSR count). The number of nitrogens with one attached hydrogen (secondary N) is 1. The Bertz CT molecular complexity index is 910. The van der Waals surface area contributed by atoms with Crippen LogP contribution in [0, 0.1) is 0 Å². The van der Waals surface area contributed by atoms with Crippen LogP contribution in [0.2, 0.25) is 0 Å². The molecule has 0 unspecified atom stereocenters. The monoisotopic (exact) mass is 437 g/mol. The van der Waals surface area contributed by atoms with E-state index in [1.54, 1.807) is 18.4 Å². The number of aliphatic hydroxyl groups excluding tert-OH is 1. The van der Waals surface area contributed by atoms with Crippen LogP contribution in [0.25, 0.3) is 10.2 Å². The molecule has 2 aromatic rings. The molecular formula is C21H31N3O5S. The largest absolute Gasteiger partial charge is 0.463 e. The van der Waals surface area contributed by atoms with E-state index in [0.29, 0.717) is 38.4 Å². The molecule has 8 nitrogen and oxygen atoms in total. The molecule has 0 aromatic carbocycles. The molecule has 1 aliphatic rings. The fraction of sp³-hybridized carbons (Fsp3) is 0.667. The molecule has 2 N–H and O–H groups in total. The zero-order valence-corrected chi connectivity index (χ0v) is 18.6. The number of carbonyl (C=O) groups is 1. The average Bonchev–Trinajstić information content (AvgIpc) is 3.09. The van der Waals surface area contributed by atoms with Gasteiger partial charge in [-0.3, -0.25) is 14.5 Å². The zero-order chi connectivity index (χ0) is 21.5. The van der Waals surface area contributed by atoms with Crippen LogP contribution in [0.4, 0.5) is 0 Å². The SMILES string of the molecule is CCCC(=O)OC[C@@H](O)CN(CCOC)Cc1nc2sc3c(c2c(=O)[nH]1)CCCC3. The lowest BCUT2D eigenvalue weighted by Crippen LogP contribution is -2.37. The molecule has 0 fully saturated rings. The van der Waals surface area contributed by atoms with Crippen molar-refractivity contribution in [3.8, 4) is 0 Å². The number of aromatic nitrogens is 2. The number of methoxy groups -OCH3 is 1. The number of aliphatic hydroxyl groups is 1. The molecule has 0 amide bonds. The highest BCUT2D eigenvalue weighted by molar-refractivity contribution is 7.18. The standard InChI is InChI=1S/C21H31N3O5S/c1-3-6-18(26)29-13-14(25)11-24(9-10-28-2)12-17-22-20(27)19-15-7-4-5-8-16(15)30-21(19)23-17/h14,25H,3-13H2,1-2H3,(H,22,23,27)/t14-/m0/s1. The number of H-pyrrole nitrogens is 1. The lowest BCUT2D eigenvalue weighted by molar-refractivity contribution is -0.147. The molecule has 1 atom stereocenters. The number of ether oxygens (including phenoxy) is 2. The number of fused-ring (bicyclic) bond motifs is 3. The minimum Gasteiger partial charge on any atom is -0.463 e. The smallest absolute Gasteiger partial charge is 0.305 e. The van der Waals surface area contributed by atoms with E-state index in [1.807, 2.05) is 11.8 Å². The Morgan fingerprint density at radius 3 is 2.93 bits per heavy atom. The molecule has 166 valence electrons. The second kappa shape index (κ2) is 11.0. The number of aromatic amines is 1. The van der Waals surface area contributed by atoms with E-state index in [-0.39, 0.29) is 24.7 Å². The molecule has 0 saturated heterocycles. The summed E-state index contributed by atoms with van der Waals surface area (Å²) in [5.74, 6) is 0.260. The molecule has 2 heterocycles. The maximum absolute atomic E-state index is 12.8. The van der Waals surface area contributed by atoms with E-state index in [0.717, 1.165) is 35.9 Å². The van der Waals surface area contributed by atoms with Gasteiger partial charge in [-0.25, -0.2) is 4.98 Å². The summed E-state index contributed by atoms with van der Waals surface area (Å²) in [6.45, 7) is 3.53. The highest BCUT2D eigenvalue weighted by Gasteiger charge is 2.21.